The first-order valence-electron chi connectivity index (χ1n) is 6.34. The zero-order chi connectivity index (χ0) is 13.8. The molecule has 0 aliphatic carbocycles. The van der Waals surface area contributed by atoms with Crippen molar-refractivity contribution in [2.75, 3.05) is 18.5 Å². The third kappa shape index (κ3) is 2.50. The van der Waals surface area contributed by atoms with E-state index in [0.717, 1.165) is 17.1 Å². The number of hydrogen-bond donors (Lipinski definition) is 1. The van der Waals surface area contributed by atoms with Gasteiger partial charge in [-0.15, -0.1) is 0 Å². The van der Waals surface area contributed by atoms with Crippen LogP contribution in [-0.4, -0.2) is 18.2 Å². The van der Waals surface area contributed by atoms with E-state index in [-0.39, 0.29) is 0 Å². The maximum absolute atomic E-state index is 9.01. The Balaban J connectivity index is 1.74. The van der Waals surface area contributed by atoms with Crippen molar-refractivity contribution in [2.24, 2.45) is 0 Å². The summed E-state index contributed by atoms with van der Waals surface area (Å²) in [6.07, 6.45) is 1.66. The molecule has 0 unspecified atom stereocenters. The normalized spacial score (nSPS) is 12.6. The minimum atomic E-state index is 0.532. The summed E-state index contributed by atoms with van der Waals surface area (Å²) >= 11 is 0. The van der Waals surface area contributed by atoms with E-state index >= 15 is 0 Å². The predicted molar refractivity (Wildman–Crippen MR) is 73.7 cm³/mol. The molecular formula is C15H13N3O2. The molecule has 0 fully saturated rings. The van der Waals surface area contributed by atoms with Crippen LogP contribution >= 0.6 is 0 Å². The topological polar surface area (TPSA) is 67.2 Å². The van der Waals surface area contributed by atoms with Gasteiger partial charge >= 0.3 is 0 Å². The number of fused-ring (bicyclic) bond motifs is 1. The molecule has 0 spiro atoms. The maximum atomic E-state index is 9.01. The van der Waals surface area contributed by atoms with Gasteiger partial charge in [0.05, 0.1) is 5.56 Å². The first-order valence-corrected chi connectivity index (χ1v) is 6.34. The lowest BCUT2D eigenvalue weighted by atomic mass is 10.2. The number of nitrogens with one attached hydrogen (secondary N) is 1. The van der Waals surface area contributed by atoms with Gasteiger partial charge in [-0.1, -0.05) is 6.07 Å². The van der Waals surface area contributed by atoms with Gasteiger partial charge in [0.2, 0.25) is 0 Å². The summed E-state index contributed by atoms with van der Waals surface area (Å²) < 4.78 is 11.0. The third-order valence-corrected chi connectivity index (χ3v) is 2.99. The second-order valence-corrected chi connectivity index (χ2v) is 4.34. The van der Waals surface area contributed by atoms with Crippen LogP contribution in [0.1, 0.15) is 11.1 Å². The van der Waals surface area contributed by atoms with Crippen LogP contribution in [0.2, 0.25) is 0 Å². The summed E-state index contributed by atoms with van der Waals surface area (Å²) in [5, 5.41) is 12.2. The highest BCUT2D eigenvalue weighted by atomic mass is 16.6. The quantitative estimate of drug-likeness (QED) is 0.924. The molecule has 0 saturated heterocycles. The number of nitriles is 1. The van der Waals surface area contributed by atoms with Gasteiger partial charge in [-0.2, -0.15) is 5.26 Å². The van der Waals surface area contributed by atoms with Gasteiger partial charge in [0.15, 0.2) is 11.5 Å². The monoisotopic (exact) mass is 267 g/mol. The molecule has 100 valence electrons. The van der Waals surface area contributed by atoms with Gasteiger partial charge in [-0.25, -0.2) is 4.98 Å². The average molecular weight is 267 g/mol. The fourth-order valence-corrected chi connectivity index (χ4v) is 2.02. The lowest BCUT2D eigenvalue weighted by Gasteiger charge is -2.19. The van der Waals surface area contributed by atoms with Crippen molar-refractivity contribution in [2.45, 2.75) is 6.54 Å². The number of benzene rings is 1. The van der Waals surface area contributed by atoms with E-state index in [4.69, 9.17) is 14.7 Å². The molecule has 2 aromatic rings. The van der Waals surface area contributed by atoms with Crippen molar-refractivity contribution >= 4 is 5.82 Å². The van der Waals surface area contributed by atoms with Crippen molar-refractivity contribution in [3.05, 3.63) is 47.7 Å². The molecule has 0 saturated carbocycles. The molecule has 20 heavy (non-hydrogen) atoms. The highest BCUT2D eigenvalue weighted by Gasteiger charge is 2.11. The molecule has 0 radical (unpaired) electrons. The third-order valence-electron chi connectivity index (χ3n) is 2.99. The van der Waals surface area contributed by atoms with E-state index in [1.807, 2.05) is 18.2 Å². The van der Waals surface area contributed by atoms with Crippen LogP contribution in [0.25, 0.3) is 0 Å². The first kappa shape index (κ1) is 12.3. The van der Waals surface area contributed by atoms with E-state index in [0.29, 0.717) is 31.1 Å². The smallest absolute Gasteiger partial charge is 0.161 e. The van der Waals surface area contributed by atoms with Gasteiger partial charge in [0, 0.05) is 12.7 Å². The molecule has 1 aliphatic rings. The summed E-state index contributed by atoms with van der Waals surface area (Å²) in [4.78, 5) is 4.16. The summed E-state index contributed by atoms with van der Waals surface area (Å²) in [6.45, 7) is 1.73. The summed E-state index contributed by atoms with van der Waals surface area (Å²) in [5.41, 5.74) is 1.58. The van der Waals surface area contributed by atoms with Gasteiger partial charge in [0.1, 0.15) is 25.1 Å². The molecule has 2 heterocycles. The van der Waals surface area contributed by atoms with Crippen LogP contribution in [0.15, 0.2) is 36.5 Å². The molecule has 1 aromatic heterocycles. The van der Waals surface area contributed by atoms with Crippen molar-refractivity contribution in [1.29, 1.82) is 5.26 Å². The molecule has 1 aliphatic heterocycles. The molecule has 3 rings (SSSR count). The Kier molecular flexibility index (Phi) is 3.38. The van der Waals surface area contributed by atoms with Gasteiger partial charge < -0.3 is 14.8 Å². The minimum absolute atomic E-state index is 0.532. The zero-order valence-electron chi connectivity index (χ0n) is 10.8. The average Bonchev–Trinajstić information content (AvgIpc) is 2.53. The van der Waals surface area contributed by atoms with Crippen LogP contribution in [-0.2, 0) is 6.54 Å². The van der Waals surface area contributed by atoms with Crippen molar-refractivity contribution in [3.63, 3.8) is 0 Å². The highest BCUT2D eigenvalue weighted by molar-refractivity contribution is 5.52. The fourth-order valence-electron chi connectivity index (χ4n) is 2.02. The van der Waals surface area contributed by atoms with Gasteiger partial charge in [0.25, 0.3) is 0 Å². The second-order valence-electron chi connectivity index (χ2n) is 4.34. The summed E-state index contributed by atoms with van der Waals surface area (Å²) in [6, 6.07) is 11.4. The van der Waals surface area contributed by atoms with Crippen LogP contribution in [0, 0.1) is 11.3 Å². The molecule has 1 aromatic carbocycles. The van der Waals surface area contributed by atoms with E-state index in [1.165, 1.54) is 0 Å². The lowest BCUT2D eigenvalue weighted by molar-refractivity contribution is 0.171. The molecule has 5 heteroatoms. The largest absolute Gasteiger partial charge is 0.486 e. The molecule has 0 atom stereocenters. The van der Waals surface area contributed by atoms with Gasteiger partial charge in [-0.05, 0) is 29.8 Å². The highest BCUT2D eigenvalue weighted by Crippen LogP contribution is 2.30. The van der Waals surface area contributed by atoms with Crippen LogP contribution in [0.3, 0.4) is 0 Å². The number of aromatic nitrogens is 1. The van der Waals surface area contributed by atoms with Crippen LogP contribution < -0.4 is 14.8 Å². The number of nitrogens with zero attached hydrogens (tertiary/aromatic N) is 2. The number of ether oxygens (including phenoxy) is 2. The van der Waals surface area contributed by atoms with Crippen LogP contribution in [0.5, 0.6) is 11.5 Å². The Morgan fingerprint density at radius 3 is 2.90 bits per heavy atom. The van der Waals surface area contributed by atoms with E-state index < -0.39 is 0 Å². The minimum Gasteiger partial charge on any atom is -0.486 e. The summed E-state index contributed by atoms with van der Waals surface area (Å²) in [7, 11) is 0. The first-order chi connectivity index (χ1) is 9.86. The molecule has 5 nitrogen and oxygen atoms in total. The number of hydrogen-bond acceptors (Lipinski definition) is 5. The lowest BCUT2D eigenvalue weighted by Crippen LogP contribution is -2.15. The Bertz CT molecular complexity index is 664. The molecule has 0 amide bonds. The molecular weight excluding hydrogens is 254 g/mol. The Morgan fingerprint density at radius 1 is 1.20 bits per heavy atom. The molecule has 1 N–H and O–H groups in total. The second kappa shape index (κ2) is 5.49. The van der Waals surface area contributed by atoms with Crippen LogP contribution in [0.4, 0.5) is 5.82 Å². The fraction of sp³-hybridized carbons (Fsp3) is 0.200. The van der Waals surface area contributed by atoms with Crippen molar-refractivity contribution < 1.29 is 9.47 Å². The number of rotatable bonds is 3. The van der Waals surface area contributed by atoms with E-state index in [1.54, 1.807) is 18.3 Å². The SMILES string of the molecule is N#Cc1cccnc1NCc1ccc2c(c1)OCCO2. The Morgan fingerprint density at radius 2 is 2.05 bits per heavy atom. The Labute approximate surface area is 116 Å². The van der Waals surface area contributed by atoms with E-state index in [2.05, 4.69) is 16.4 Å². The zero-order valence-corrected chi connectivity index (χ0v) is 10.8. The number of pyridine rings is 1. The maximum Gasteiger partial charge on any atom is 0.161 e. The predicted octanol–water partition coefficient (Wildman–Crippen LogP) is 2.34. The van der Waals surface area contributed by atoms with Crippen molar-refractivity contribution in [1.82, 2.24) is 4.98 Å². The van der Waals surface area contributed by atoms with E-state index in [9.17, 15) is 0 Å². The van der Waals surface area contributed by atoms with Crippen molar-refractivity contribution in [3.8, 4) is 17.6 Å². The Hall–Kier alpha value is -2.74. The summed E-state index contributed by atoms with van der Waals surface area (Å²) in [5.74, 6) is 2.12. The standard InChI is InChI=1S/C15H13N3O2/c16-9-12-2-1-5-17-15(12)18-10-11-3-4-13-14(8-11)20-7-6-19-13/h1-5,8H,6-7,10H2,(H,17,18). The van der Waals surface area contributed by atoms with Gasteiger partial charge in [-0.3, -0.25) is 0 Å². The number of anilines is 1. The molecule has 0 bridgehead atoms.